The van der Waals surface area contributed by atoms with Crippen molar-refractivity contribution in [2.45, 2.75) is 66.7 Å². The highest BCUT2D eigenvalue weighted by Crippen LogP contribution is 2.25. The van der Waals surface area contributed by atoms with Crippen LogP contribution in [-0.4, -0.2) is 36.0 Å². The van der Waals surface area contributed by atoms with E-state index in [1.54, 1.807) is 6.92 Å². The van der Waals surface area contributed by atoms with Crippen molar-refractivity contribution >= 4 is 11.5 Å². The monoisotopic (exact) mass is 292 g/mol. The van der Waals surface area contributed by atoms with Crippen LogP contribution in [0.1, 0.15) is 66.7 Å². The van der Waals surface area contributed by atoms with Gasteiger partial charge in [0.1, 0.15) is 5.78 Å². The molecule has 0 N–H and O–H groups in total. The van der Waals surface area contributed by atoms with E-state index < -0.39 is 0 Å². The van der Waals surface area contributed by atoms with Gasteiger partial charge in [0.15, 0.2) is 0 Å². The summed E-state index contributed by atoms with van der Waals surface area (Å²) in [6.07, 6.45) is 4.98. The summed E-state index contributed by atoms with van der Waals surface area (Å²) in [4.78, 5) is 18.3. The number of carbonyl (C=O) groups excluding carboxylic acids is 1. The molecule has 1 heterocycles. The van der Waals surface area contributed by atoms with E-state index >= 15 is 0 Å². The van der Waals surface area contributed by atoms with Gasteiger partial charge in [-0.1, -0.05) is 20.8 Å². The molecule has 21 heavy (non-hydrogen) atoms. The summed E-state index contributed by atoms with van der Waals surface area (Å²) in [7, 11) is 0. The molecule has 0 spiro atoms. The van der Waals surface area contributed by atoms with Crippen LogP contribution in [0.25, 0.3) is 0 Å². The van der Waals surface area contributed by atoms with Crippen LogP contribution in [0.3, 0.4) is 0 Å². The zero-order chi connectivity index (χ0) is 15.8. The summed E-state index contributed by atoms with van der Waals surface area (Å²) in [6, 6.07) is 0. The molecule has 0 saturated carbocycles. The Morgan fingerprint density at radius 2 is 2.05 bits per heavy atom. The third-order valence-corrected chi connectivity index (χ3v) is 3.82. The van der Waals surface area contributed by atoms with Crippen molar-refractivity contribution in [2.75, 3.05) is 19.6 Å². The van der Waals surface area contributed by atoms with E-state index in [0.29, 0.717) is 6.42 Å². The molecule has 1 aliphatic heterocycles. The third-order valence-electron chi connectivity index (χ3n) is 3.82. The van der Waals surface area contributed by atoms with Gasteiger partial charge in [-0.3, -0.25) is 9.79 Å². The minimum Gasteiger partial charge on any atom is -0.303 e. The van der Waals surface area contributed by atoms with Crippen molar-refractivity contribution < 1.29 is 4.79 Å². The van der Waals surface area contributed by atoms with Gasteiger partial charge in [-0.15, -0.1) is 0 Å². The van der Waals surface area contributed by atoms with E-state index in [2.05, 4.69) is 37.6 Å². The lowest BCUT2D eigenvalue weighted by molar-refractivity contribution is -0.115. The molecule has 0 saturated heterocycles. The Labute approximate surface area is 130 Å². The van der Waals surface area contributed by atoms with Gasteiger partial charge in [-0.2, -0.15) is 0 Å². The first-order valence-corrected chi connectivity index (χ1v) is 8.39. The molecule has 0 aromatic carbocycles. The fraction of sp³-hybridized carbons (Fsp3) is 0.778. The second kappa shape index (κ2) is 9.14. The topological polar surface area (TPSA) is 32.7 Å². The molecule has 0 fully saturated rings. The van der Waals surface area contributed by atoms with Crippen LogP contribution in [-0.2, 0) is 4.79 Å². The van der Waals surface area contributed by atoms with E-state index in [9.17, 15) is 4.79 Å². The predicted molar refractivity (Wildman–Crippen MR) is 90.9 cm³/mol. The van der Waals surface area contributed by atoms with E-state index in [-0.39, 0.29) is 5.78 Å². The largest absolute Gasteiger partial charge is 0.303 e. The van der Waals surface area contributed by atoms with E-state index in [0.717, 1.165) is 30.2 Å². The molecule has 0 aromatic heterocycles. The summed E-state index contributed by atoms with van der Waals surface area (Å²) in [5.41, 5.74) is 3.65. The highest BCUT2D eigenvalue weighted by Gasteiger charge is 2.16. The summed E-state index contributed by atoms with van der Waals surface area (Å²) in [5, 5.41) is 0. The smallest absolute Gasteiger partial charge is 0.135 e. The van der Waals surface area contributed by atoms with Gasteiger partial charge in [0.2, 0.25) is 0 Å². The molecule has 0 unspecified atom stereocenters. The fourth-order valence-corrected chi connectivity index (χ4v) is 3.03. The van der Waals surface area contributed by atoms with E-state index in [1.165, 1.54) is 38.0 Å². The van der Waals surface area contributed by atoms with Gasteiger partial charge >= 0.3 is 0 Å². The predicted octanol–water partition coefficient (Wildman–Crippen LogP) is 4.23. The molecule has 0 aromatic rings. The lowest BCUT2D eigenvalue weighted by Crippen LogP contribution is -2.29. The normalized spacial score (nSPS) is 15.3. The Morgan fingerprint density at radius 3 is 2.62 bits per heavy atom. The summed E-state index contributed by atoms with van der Waals surface area (Å²) >= 11 is 0. The molecular weight excluding hydrogens is 260 g/mol. The number of nitrogens with zero attached hydrogens (tertiary/aromatic N) is 2. The van der Waals surface area contributed by atoms with Gasteiger partial charge in [-0.05, 0) is 57.7 Å². The Kier molecular flexibility index (Phi) is 7.87. The molecule has 0 atom stereocenters. The van der Waals surface area contributed by atoms with Crippen molar-refractivity contribution in [3.63, 3.8) is 0 Å². The van der Waals surface area contributed by atoms with Gasteiger partial charge in [0, 0.05) is 30.8 Å². The average molecular weight is 292 g/mol. The van der Waals surface area contributed by atoms with Gasteiger partial charge in [0.05, 0.1) is 0 Å². The number of Topliss-reactive ketones (excluding diaryl/α,β-unsaturated/α-hetero) is 1. The summed E-state index contributed by atoms with van der Waals surface area (Å²) < 4.78 is 0. The highest BCUT2D eigenvalue weighted by molar-refractivity contribution is 6.03. The number of hydrogen-bond acceptors (Lipinski definition) is 3. The van der Waals surface area contributed by atoms with Crippen LogP contribution < -0.4 is 0 Å². The Morgan fingerprint density at radius 1 is 1.33 bits per heavy atom. The molecule has 0 aliphatic carbocycles. The molecule has 3 heteroatoms. The molecular formula is C18H32N2O. The number of ketones is 1. The zero-order valence-electron chi connectivity index (χ0n) is 14.5. The Bertz CT molecular complexity index is 407. The quantitative estimate of drug-likeness (QED) is 0.603. The molecule has 1 aliphatic rings. The molecule has 0 bridgehead atoms. The molecule has 0 radical (unpaired) electrons. The van der Waals surface area contributed by atoms with Crippen LogP contribution in [0.15, 0.2) is 16.3 Å². The molecule has 3 nitrogen and oxygen atoms in total. The first kappa shape index (κ1) is 18.1. The minimum atomic E-state index is 0.217. The van der Waals surface area contributed by atoms with Crippen molar-refractivity contribution in [1.29, 1.82) is 0 Å². The first-order valence-electron chi connectivity index (χ1n) is 8.39. The maximum absolute atomic E-state index is 11.2. The minimum absolute atomic E-state index is 0.217. The van der Waals surface area contributed by atoms with Crippen LogP contribution in [0.5, 0.6) is 0 Å². The van der Waals surface area contributed by atoms with Crippen molar-refractivity contribution in [3.8, 4) is 0 Å². The molecule has 1 rings (SSSR count). The van der Waals surface area contributed by atoms with Crippen LogP contribution in [0.4, 0.5) is 0 Å². The van der Waals surface area contributed by atoms with E-state index in [4.69, 9.17) is 0 Å². The standard InChI is InChI=1S/C18H32N2O/c1-6-9-20(13-14(2)3)10-7-8-17-12-18(11-15(4)21)19-16(17)5/h14H,6-13H2,1-5H3. The maximum Gasteiger partial charge on any atom is 0.135 e. The number of hydrogen-bond donors (Lipinski definition) is 0. The van der Waals surface area contributed by atoms with Gasteiger partial charge < -0.3 is 4.90 Å². The highest BCUT2D eigenvalue weighted by atomic mass is 16.1. The zero-order valence-corrected chi connectivity index (χ0v) is 14.5. The number of aliphatic imine (C=N–C) groups is 1. The number of rotatable bonds is 10. The Hall–Kier alpha value is -0.960. The second-order valence-electron chi connectivity index (χ2n) is 6.72. The maximum atomic E-state index is 11.2. The van der Waals surface area contributed by atoms with Crippen molar-refractivity contribution in [1.82, 2.24) is 4.90 Å². The van der Waals surface area contributed by atoms with Gasteiger partial charge in [-0.25, -0.2) is 0 Å². The second-order valence-corrected chi connectivity index (χ2v) is 6.72. The number of carbonyl (C=O) groups is 1. The lowest BCUT2D eigenvalue weighted by Gasteiger charge is -2.23. The third kappa shape index (κ3) is 7.03. The Balaban J connectivity index is 2.35. The van der Waals surface area contributed by atoms with E-state index in [1.807, 2.05) is 0 Å². The SMILES string of the molecule is CCCN(CCCC1=C(C)N=C(CC(C)=O)C1)CC(C)C. The van der Waals surface area contributed by atoms with Crippen LogP contribution in [0.2, 0.25) is 0 Å². The van der Waals surface area contributed by atoms with Crippen LogP contribution >= 0.6 is 0 Å². The summed E-state index contributed by atoms with van der Waals surface area (Å²) in [5.74, 6) is 0.948. The number of allylic oxidation sites excluding steroid dienone is 2. The molecule has 120 valence electrons. The average Bonchev–Trinajstić information content (AvgIpc) is 2.68. The first-order chi connectivity index (χ1) is 9.92. The summed E-state index contributed by atoms with van der Waals surface area (Å²) in [6.45, 7) is 14.1. The molecule has 0 amide bonds. The fourth-order valence-electron chi connectivity index (χ4n) is 3.03. The van der Waals surface area contributed by atoms with Gasteiger partial charge in [0.25, 0.3) is 0 Å². The van der Waals surface area contributed by atoms with Crippen molar-refractivity contribution in [2.24, 2.45) is 10.9 Å². The van der Waals surface area contributed by atoms with Crippen LogP contribution in [0, 0.1) is 5.92 Å². The lowest BCUT2D eigenvalue weighted by atomic mass is 10.0. The van der Waals surface area contributed by atoms with Crippen molar-refractivity contribution in [3.05, 3.63) is 11.3 Å².